The van der Waals surface area contributed by atoms with Crippen LogP contribution in [0.25, 0.3) is 10.8 Å². The summed E-state index contributed by atoms with van der Waals surface area (Å²) < 4.78 is 24.1. The standard InChI is InChI=1S/C21H24NO4/c1-22-11-10-15-13-18(24-3)20(25-4)21(26-5)19(15)17(22)12-14-6-8-16(23-2)9-7-14/h6-11,13H,12H2,1-5H3/q+1. The first-order chi connectivity index (χ1) is 12.6. The minimum Gasteiger partial charge on any atom is -0.497 e. The number of rotatable bonds is 6. The fourth-order valence-electron chi connectivity index (χ4n) is 3.21. The van der Waals surface area contributed by atoms with Gasteiger partial charge in [0.1, 0.15) is 12.8 Å². The van der Waals surface area contributed by atoms with Gasteiger partial charge in [-0.25, -0.2) is 4.57 Å². The van der Waals surface area contributed by atoms with Gasteiger partial charge < -0.3 is 18.9 Å². The van der Waals surface area contributed by atoms with Gasteiger partial charge in [-0.15, -0.1) is 0 Å². The summed E-state index contributed by atoms with van der Waals surface area (Å²) in [6, 6.07) is 12.1. The Morgan fingerprint density at radius 3 is 2.08 bits per heavy atom. The molecule has 0 radical (unpaired) electrons. The summed E-state index contributed by atoms with van der Waals surface area (Å²) in [4.78, 5) is 0. The number of hydrogen-bond donors (Lipinski definition) is 0. The monoisotopic (exact) mass is 354 g/mol. The summed E-state index contributed by atoms with van der Waals surface area (Å²) >= 11 is 0. The summed E-state index contributed by atoms with van der Waals surface area (Å²) in [5, 5.41) is 2.06. The Bertz CT molecular complexity index is 920. The van der Waals surface area contributed by atoms with E-state index >= 15 is 0 Å². The second kappa shape index (κ2) is 7.52. The van der Waals surface area contributed by atoms with Crippen LogP contribution in [0.15, 0.2) is 42.6 Å². The summed E-state index contributed by atoms with van der Waals surface area (Å²) in [5.41, 5.74) is 2.32. The van der Waals surface area contributed by atoms with Crippen molar-refractivity contribution >= 4 is 10.8 Å². The van der Waals surface area contributed by atoms with Gasteiger partial charge in [0.25, 0.3) is 0 Å². The zero-order valence-electron chi connectivity index (χ0n) is 15.8. The fourth-order valence-corrected chi connectivity index (χ4v) is 3.21. The van der Waals surface area contributed by atoms with E-state index in [2.05, 4.69) is 22.8 Å². The van der Waals surface area contributed by atoms with E-state index in [0.717, 1.165) is 28.6 Å². The Morgan fingerprint density at radius 2 is 1.50 bits per heavy atom. The van der Waals surface area contributed by atoms with E-state index < -0.39 is 0 Å². The zero-order chi connectivity index (χ0) is 18.7. The molecule has 0 N–H and O–H groups in total. The molecule has 1 heterocycles. The van der Waals surface area contributed by atoms with Crippen molar-refractivity contribution in [3.63, 3.8) is 0 Å². The molecular formula is C21H24NO4+. The minimum atomic E-state index is 0.602. The van der Waals surface area contributed by atoms with Crippen LogP contribution in [0.2, 0.25) is 0 Å². The maximum Gasteiger partial charge on any atom is 0.204 e. The fraction of sp³-hybridized carbons (Fsp3) is 0.286. The molecule has 0 spiro atoms. The van der Waals surface area contributed by atoms with Crippen molar-refractivity contribution in [2.45, 2.75) is 6.42 Å². The molecule has 0 aliphatic heterocycles. The van der Waals surface area contributed by atoms with Crippen LogP contribution >= 0.6 is 0 Å². The largest absolute Gasteiger partial charge is 0.497 e. The summed E-state index contributed by atoms with van der Waals surface area (Å²) in [6.45, 7) is 0. The molecule has 5 heteroatoms. The Hall–Kier alpha value is -2.95. The molecule has 0 atom stereocenters. The van der Waals surface area contributed by atoms with Crippen LogP contribution in [0.3, 0.4) is 0 Å². The number of benzene rings is 2. The number of pyridine rings is 1. The molecular weight excluding hydrogens is 330 g/mol. The predicted molar refractivity (Wildman–Crippen MR) is 101 cm³/mol. The molecule has 0 aliphatic rings. The highest BCUT2D eigenvalue weighted by molar-refractivity contribution is 5.94. The highest BCUT2D eigenvalue weighted by Gasteiger charge is 2.23. The molecule has 0 saturated carbocycles. The average Bonchev–Trinajstić information content (AvgIpc) is 2.68. The topological polar surface area (TPSA) is 40.8 Å². The summed E-state index contributed by atoms with van der Waals surface area (Å²) in [6.07, 6.45) is 2.80. The number of aryl methyl sites for hydroxylation is 1. The SMILES string of the molecule is COc1ccc(Cc2c3c(OC)c(OC)c(OC)cc3cc[n+]2C)cc1. The molecule has 5 nitrogen and oxygen atoms in total. The molecule has 136 valence electrons. The Labute approximate surface area is 153 Å². The van der Waals surface area contributed by atoms with Gasteiger partial charge in [-0.1, -0.05) is 12.1 Å². The van der Waals surface area contributed by atoms with Crippen molar-refractivity contribution in [3.8, 4) is 23.0 Å². The molecule has 0 aliphatic carbocycles. The van der Waals surface area contributed by atoms with E-state index in [1.165, 1.54) is 5.56 Å². The van der Waals surface area contributed by atoms with Crippen LogP contribution in [0.1, 0.15) is 11.3 Å². The number of methoxy groups -OCH3 is 4. The van der Waals surface area contributed by atoms with Gasteiger partial charge in [0.15, 0.2) is 23.4 Å². The molecule has 0 unspecified atom stereocenters. The lowest BCUT2D eigenvalue weighted by Crippen LogP contribution is -2.33. The van der Waals surface area contributed by atoms with Gasteiger partial charge in [0.05, 0.1) is 40.2 Å². The molecule has 0 saturated heterocycles. The van der Waals surface area contributed by atoms with Crippen LogP contribution in [-0.4, -0.2) is 28.4 Å². The van der Waals surface area contributed by atoms with Gasteiger partial charge in [0, 0.05) is 11.5 Å². The van der Waals surface area contributed by atoms with Crippen LogP contribution in [0.5, 0.6) is 23.0 Å². The lowest BCUT2D eigenvalue weighted by atomic mass is 10.0. The number of fused-ring (bicyclic) bond motifs is 1. The van der Waals surface area contributed by atoms with Crippen molar-refractivity contribution in [3.05, 3.63) is 53.9 Å². The molecule has 1 aromatic heterocycles. The van der Waals surface area contributed by atoms with Crippen LogP contribution in [-0.2, 0) is 13.5 Å². The maximum atomic E-state index is 5.72. The highest BCUT2D eigenvalue weighted by atomic mass is 16.5. The zero-order valence-corrected chi connectivity index (χ0v) is 15.8. The first-order valence-corrected chi connectivity index (χ1v) is 8.36. The van der Waals surface area contributed by atoms with Gasteiger partial charge in [-0.05, 0) is 23.8 Å². The lowest BCUT2D eigenvalue weighted by molar-refractivity contribution is -0.677. The Kier molecular flexibility index (Phi) is 5.16. The predicted octanol–water partition coefficient (Wildman–Crippen LogP) is 3.29. The van der Waals surface area contributed by atoms with Gasteiger partial charge in [-0.2, -0.15) is 0 Å². The third-order valence-electron chi connectivity index (χ3n) is 4.58. The average molecular weight is 354 g/mol. The van der Waals surface area contributed by atoms with E-state index in [9.17, 15) is 0 Å². The lowest BCUT2D eigenvalue weighted by Gasteiger charge is -2.16. The smallest absolute Gasteiger partial charge is 0.204 e. The van der Waals surface area contributed by atoms with Gasteiger partial charge in [-0.3, -0.25) is 0 Å². The van der Waals surface area contributed by atoms with Crippen LogP contribution in [0, 0.1) is 0 Å². The number of nitrogens with zero attached hydrogens (tertiary/aromatic N) is 1. The van der Waals surface area contributed by atoms with E-state index in [4.69, 9.17) is 18.9 Å². The number of hydrogen-bond acceptors (Lipinski definition) is 4. The molecule has 3 aromatic rings. The summed E-state index contributed by atoms with van der Waals surface area (Å²) in [5.74, 6) is 2.78. The van der Waals surface area contributed by atoms with Crippen molar-refractivity contribution in [1.29, 1.82) is 0 Å². The molecule has 3 rings (SSSR count). The number of aromatic nitrogens is 1. The first-order valence-electron chi connectivity index (χ1n) is 8.36. The summed E-state index contributed by atoms with van der Waals surface area (Å²) in [7, 11) is 8.61. The second-order valence-corrected chi connectivity index (χ2v) is 6.01. The van der Waals surface area contributed by atoms with Crippen molar-refractivity contribution in [2.24, 2.45) is 7.05 Å². The quantitative estimate of drug-likeness (QED) is 0.637. The van der Waals surface area contributed by atoms with E-state index in [0.29, 0.717) is 17.2 Å². The molecule has 0 bridgehead atoms. The van der Waals surface area contributed by atoms with E-state index in [1.54, 1.807) is 28.4 Å². The van der Waals surface area contributed by atoms with Crippen LogP contribution < -0.4 is 23.5 Å². The molecule has 0 fully saturated rings. The number of ether oxygens (including phenoxy) is 4. The van der Waals surface area contributed by atoms with E-state index in [-0.39, 0.29) is 0 Å². The van der Waals surface area contributed by atoms with Crippen molar-refractivity contribution in [2.75, 3.05) is 28.4 Å². The van der Waals surface area contributed by atoms with Crippen molar-refractivity contribution in [1.82, 2.24) is 0 Å². The second-order valence-electron chi connectivity index (χ2n) is 6.01. The molecule has 2 aromatic carbocycles. The third-order valence-corrected chi connectivity index (χ3v) is 4.58. The Morgan fingerprint density at radius 1 is 0.808 bits per heavy atom. The van der Waals surface area contributed by atoms with Crippen molar-refractivity contribution < 1.29 is 23.5 Å². The molecule has 0 amide bonds. The van der Waals surface area contributed by atoms with Crippen LogP contribution in [0.4, 0.5) is 0 Å². The van der Waals surface area contributed by atoms with Gasteiger partial charge in [0.2, 0.25) is 5.75 Å². The minimum absolute atomic E-state index is 0.602. The Balaban J connectivity index is 2.21. The third kappa shape index (κ3) is 3.12. The first kappa shape index (κ1) is 17.9. The van der Waals surface area contributed by atoms with E-state index in [1.807, 2.05) is 31.4 Å². The normalized spacial score (nSPS) is 10.7. The highest BCUT2D eigenvalue weighted by Crippen LogP contribution is 2.44. The maximum absolute atomic E-state index is 5.72. The van der Waals surface area contributed by atoms with Gasteiger partial charge >= 0.3 is 0 Å². The molecule has 26 heavy (non-hydrogen) atoms.